The van der Waals surface area contributed by atoms with E-state index in [0.29, 0.717) is 37.5 Å². The molecule has 2 heterocycles. The average molecular weight is 307 g/mol. The molecule has 0 aromatic carbocycles. The number of hydrogen-bond donors (Lipinski definition) is 1. The van der Waals surface area contributed by atoms with Crippen LogP contribution in [0.15, 0.2) is 6.07 Å². The number of Topliss-reactive ketones (excluding diaryl/α,β-unsaturated/α-hetero) is 1. The molecular formula is C16H22FN3O2. The number of nitrogens with zero attached hydrogens (tertiary/aromatic N) is 2. The number of amides is 1. The number of alkyl halides is 1. The van der Waals surface area contributed by atoms with Crippen LogP contribution in [0.3, 0.4) is 0 Å². The normalized spacial score (nSPS) is 27.5. The van der Waals surface area contributed by atoms with Crippen molar-refractivity contribution in [1.29, 1.82) is 0 Å². The van der Waals surface area contributed by atoms with Crippen LogP contribution < -0.4 is 0 Å². The van der Waals surface area contributed by atoms with Gasteiger partial charge in [-0.3, -0.25) is 14.7 Å². The second kappa shape index (κ2) is 5.82. The minimum absolute atomic E-state index is 0.0219. The minimum Gasteiger partial charge on any atom is -0.337 e. The van der Waals surface area contributed by atoms with Gasteiger partial charge in [-0.2, -0.15) is 5.10 Å². The van der Waals surface area contributed by atoms with E-state index in [1.807, 2.05) is 13.8 Å². The molecule has 3 atom stereocenters. The number of carbonyl (C=O) groups is 2. The Bertz CT molecular complexity index is 584. The highest BCUT2D eigenvalue weighted by molar-refractivity contribution is 5.92. The van der Waals surface area contributed by atoms with Gasteiger partial charge < -0.3 is 4.90 Å². The Morgan fingerprint density at radius 1 is 1.50 bits per heavy atom. The summed E-state index contributed by atoms with van der Waals surface area (Å²) in [6, 6.07) is 1.80. The molecule has 0 unspecified atom stereocenters. The number of likely N-dealkylation sites (tertiary alicyclic amines) is 1. The van der Waals surface area contributed by atoms with Crippen molar-refractivity contribution in [3.8, 4) is 0 Å². The third-order valence-corrected chi connectivity index (χ3v) is 4.63. The number of ketones is 1. The molecule has 1 saturated heterocycles. The summed E-state index contributed by atoms with van der Waals surface area (Å²) < 4.78 is 12.9. The third-order valence-electron chi connectivity index (χ3n) is 4.63. The van der Waals surface area contributed by atoms with Gasteiger partial charge in [0.1, 0.15) is 17.6 Å². The van der Waals surface area contributed by atoms with Gasteiger partial charge in [-0.1, -0.05) is 13.8 Å². The molecule has 1 aromatic rings. The highest BCUT2D eigenvalue weighted by Crippen LogP contribution is 2.37. The number of nitrogens with one attached hydrogen (secondary N) is 1. The molecule has 120 valence electrons. The lowest BCUT2D eigenvalue weighted by Gasteiger charge is -2.14. The van der Waals surface area contributed by atoms with Crippen molar-refractivity contribution in [2.24, 2.45) is 11.8 Å². The van der Waals surface area contributed by atoms with E-state index in [4.69, 9.17) is 0 Å². The fourth-order valence-corrected chi connectivity index (χ4v) is 3.02. The predicted octanol–water partition coefficient (Wildman–Crippen LogP) is 2.31. The van der Waals surface area contributed by atoms with Crippen LogP contribution in [0.2, 0.25) is 0 Å². The zero-order valence-electron chi connectivity index (χ0n) is 13.0. The average Bonchev–Trinajstić information content (AvgIpc) is 2.93. The van der Waals surface area contributed by atoms with Crippen molar-refractivity contribution in [2.75, 3.05) is 13.1 Å². The van der Waals surface area contributed by atoms with Crippen LogP contribution in [-0.4, -0.2) is 46.0 Å². The van der Waals surface area contributed by atoms with Gasteiger partial charge in [0.15, 0.2) is 0 Å². The number of aromatic amines is 1. The predicted molar refractivity (Wildman–Crippen MR) is 79.3 cm³/mol. The zero-order chi connectivity index (χ0) is 15.9. The van der Waals surface area contributed by atoms with Gasteiger partial charge in [0, 0.05) is 25.2 Å². The fourth-order valence-electron chi connectivity index (χ4n) is 3.02. The standard InChI is InChI=1S/C16H22FN3O2/c1-9(2)13-7-14(19-18-13)16(22)20-4-3-10(8-20)5-15(21)11-6-12(11)17/h7,9-12H,3-6,8H2,1-2H3,(H,18,19)/t10-,11+,12-/m1/s1. The molecule has 2 fully saturated rings. The lowest BCUT2D eigenvalue weighted by atomic mass is 9.99. The monoisotopic (exact) mass is 307 g/mol. The van der Waals surface area contributed by atoms with Crippen LogP contribution in [-0.2, 0) is 4.79 Å². The lowest BCUT2D eigenvalue weighted by Crippen LogP contribution is -2.29. The molecule has 0 spiro atoms. The summed E-state index contributed by atoms with van der Waals surface area (Å²) in [5.74, 6) is 0.0178. The van der Waals surface area contributed by atoms with Crippen LogP contribution >= 0.6 is 0 Å². The van der Waals surface area contributed by atoms with E-state index in [1.165, 1.54) is 0 Å². The highest BCUT2D eigenvalue weighted by atomic mass is 19.1. The summed E-state index contributed by atoms with van der Waals surface area (Å²) in [7, 11) is 0. The van der Waals surface area contributed by atoms with E-state index < -0.39 is 6.17 Å². The Hall–Kier alpha value is -1.72. The second-order valence-corrected chi connectivity index (χ2v) is 6.80. The van der Waals surface area contributed by atoms with Gasteiger partial charge in [-0.15, -0.1) is 0 Å². The first-order valence-electron chi connectivity index (χ1n) is 7.97. The summed E-state index contributed by atoms with van der Waals surface area (Å²) >= 11 is 0. The van der Waals surface area contributed by atoms with Crippen LogP contribution in [0.5, 0.6) is 0 Å². The van der Waals surface area contributed by atoms with Crippen LogP contribution in [0.25, 0.3) is 0 Å². The number of H-pyrrole nitrogens is 1. The molecule has 0 radical (unpaired) electrons. The molecular weight excluding hydrogens is 285 g/mol. The maximum Gasteiger partial charge on any atom is 0.274 e. The summed E-state index contributed by atoms with van der Waals surface area (Å²) in [4.78, 5) is 26.0. The SMILES string of the molecule is CC(C)c1cc(C(=O)N2CC[C@H](CC(=O)[C@H]3C[C@H]3F)C2)n[nH]1. The molecule has 5 nitrogen and oxygen atoms in total. The van der Waals surface area contributed by atoms with E-state index in [0.717, 1.165) is 12.1 Å². The van der Waals surface area contributed by atoms with Crippen LogP contribution in [0, 0.1) is 11.8 Å². The molecule has 1 aliphatic heterocycles. The smallest absolute Gasteiger partial charge is 0.274 e. The van der Waals surface area contributed by atoms with Crippen molar-refractivity contribution < 1.29 is 14.0 Å². The number of hydrogen-bond acceptors (Lipinski definition) is 3. The van der Waals surface area contributed by atoms with Crippen LogP contribution in [0.4, 0.5) is 4.39 Å². The van der Waals surface area contributed by atoms with Gasteiger partial charge in [0.05, 0.1) is 5.92 Å². The molecule has 2 aliphatic rings. The van der Waals surface area contributed by atoms with E-state index in [9.17, 15) is 14.0 Å². The van der Waals surface area contributed by atoms with Gasteiger partial charge in [0.2, 0.25) is 0 Å². The maximum atomic E-state index is 12.9. The molecule has 0 bridgehead atoms. The Kier molecular flexibility index (Phi) is 4.02. The molecule has 1 aromatic heterocycles. The molecule has 1 aliphatic carbocycles. The second-order valence-electron chi connectivity index (χ2n) is 6.80. The topological polar surface area (TPSA) is 66.1 Å². The summed E-state index contributed by atoms with van der Waals surface area (Å²) in [5, 5.41) is 6.97. The van der Waals surface area contributed by atoms with Crippen molar-refractivity contribution in [2.45, 2.75) is 45.2 Å². The van der Waals surface area contributed by atoms with Crippen molar-refractivity contribution >= 4 is 11.7 Å². The minimum atomic E-state index is -0.926. The highest BCUT2D eigenvalue weighted by Gasteiger charge is 2.44. The largest absolute Gasteiger partial charge is 0.337 e. The molecule has 1 amide bonds. The van der Waals surface area contributed by atoms with Gasteiger partial charge >= 0.3 is 0 Å². The number of rotatable bonds is 5. The van der Waals surface area contributed by atoms with E-state index in [2.05, 4.69) is 10.2 Å². The van der Waals surface area contributed by atoms with E-state index in [1.54, 1.807) is 11.0 Å². The molecule has 1 N–H and O–H groups in total. The maximum absolute atomic E-state index is 12.9. The quantitative estimate of drug-likeness (QED) is 0.908. The van der Waals surface area contributed by atoms with E-state index >= 15 is 0 Å². The molecule has 6 heteroatoms. The lowest BCUT2D eigenvalue weighted by molar-refractivity contribution is -0.121. The Morgan fingerprint density at radius 3 is 2.82 bits per heavy atom. The van der Waals surface area contributed by atoms with E-state index in [-0.39, 0.29) is 23.5 Å². The first kappa shape index (κ1) is 15.2. The number of halogens is 1. The van der Waals surface area contributed by atoms with Gasteiger partial charge in [-0.25, -0.2) is 4.39 Å². The fraction of sp³-hybridized carbons (Fsp3) is 0.688. The first-order valence-corrected chi connectivity index (χ1v) is 7.97. The molecule has 1 saturated carbocycles. The van der Waals surface area contributed by atoms with Crippen LogP contribution in [0.1, 0.15) is 55.2 Å². The Balaban J connectivity index is 1.55. The zero-order valence-corrected chi connectivity index (χ0v) is 13.0. The van der Waals surface area contributed by atoms with Gasteiger partial charge in [-0.05, 0) is 30.7 Å². The van der Waals surface area contributed by atoms with Crippen molar-refractivity contribution in [1.82, 2.24) is 15.1 Å². The van der Waals surface area contributed by atoms with Gasteiger partial charge in [0.25, 0.3) is 5.91 Å². The molecule has 22 heavy (non-hydrogen) atoms. The number of carbonyl (C=O) groups excluding carboxylic acids is 2. The summed E-state index contributed by atoms with van der Waals surface area (Å²) in [5.41, 5.74) is 1.37. The first-order chi connectivity index (χ1) is 10.5. The summed E-state index contributed by atoms with van der Waals surface area (Å²) in [6.07, 6.45) is 0.666. The Morgan fingerprint density at radius 2 is 2.23 bits per heavy atom. The third kappa shape index (κ3) is 3.05. The molecule has 3 rings (SSSR count). The Labute approximate surface area is 129 Å². The van der Waals surface area contributed by atoms with Crippen molar-refractivity contribution in [3.63, 3.8) is 0 Å². The number of aromatic nitrogens is 2. The summed E-state index contributed by atoms with van der Waals surface area (Å²) in [6.45, 7) is 5.28. The van der Waals surface area contributed by atoms with Crippen molar-refractivity contribution in [3.05, 3.63) is 17.5 Å².